The number of imide groups is 1. The molecule has 1 aliphatic rings. The lowest BCUT2D eigenvalue weighted by molar-refractivity contribution is -0.141. The van der Waals surface area contributed by atoms with Gasteiger partial charge in [0.25, 0.3) is 5.24 Å². The molecular weight excluding hydrogens is 206 g/mol. The molecule has 1 heterocycles. The zero-order chi connectivity index (χ0) is 10.7. The lowest BCUT2D eigenvalue weighted by atomic mass is 10.2. The number of amides is 2. The minimum atomic E-state index is -1.19. The molecule has 0 aromatic rings. The van der Waals surface area contributed by atoms with E-state index in [1.807, 2.05) is 0 Å². The zero-order valence-corrected chi connectivity index (χ0v) is 8.12. The number of thioether (sulfide) groups is 1. The molecule has 0 bridgehead atoms. The molecule has 5 nitrogen and oxygen atoms in total. The number of allylic oxidation sites excluding steroid dienone is 1. The number of aliphatic carboxylic acids is 1. The van der Waals surface area contributed by atoms with Crippen LogP contribution in [0.5, 0.6) is 0 Å². The topological polar surface area (TPSA) is 74.7 Å². The van der Waals surface area contributed by atoms with Gasteiger partial charge in [0.15, 0.2) is 0 Å². The number of hydrogen-bond acceptors (Lipinski definition) is 4. The summed E-state index contributed by atoms with van der Waals surface area (Å²) in [5, 5.41) is 7.45. The van der Waals surface area contributed by atoms with Crippen LogP contribution in [0.25, 0.3) is 0 Å². The van der Waals surface area contributed by atoms with E-state index in [0.717, 1.165) is 16.7 Å². The Morgan fingerprint density at radius 3 is 2.79 bits per heavy atom. The van der Waals surface area contributed by atoms with Crippen molar-refractivity contribution in [2.24, 2.45) is 0 Å². The van der Waals surface area contributed by atoms with Gasteiger partial charge >= 0.3 is 5.97 Å². The summed E-state index contributed by atoms with van der Waals surface area (Å²) in [7, 11) is 0. The largest absolute Gasteiger partial charge is 0.480 e. The Bertz CT molecular complexity index is 302. The molecule has 0 aromatic heterocycles. The average molecular weight is 215 g/mol. The summed E-state index contributed by atoms with van der Waals surface area (Å²) in [5.41, 5.74) is 0. The molecule has 0 aliphatic carbocycles. The van der Waals surface area contributed by atoms with Gasteiger partial charge in [-0.1, -0.05) is 17.8 Å². The number of rotatable bonds is 4. The molecule has 1 fully saturated rings. The summed E-state index contributed by atoms with van der Waals surface area (Å²) in [5.74, 6) is -1.63. The van der Waals surface area contributed by atoms with Crippen molar-refractivity contribution in [3.8, 4) is 0 Å². The van der Waals surface area contributed by atoms with Crippen LogP contribution in [-0.4, -0.2) is 38.9 Å². The maximum atomic E-state index is 11.4. The highest BCUT2D eigenvalue weighted by atomic mass is 32.2. The van der Waals surface area contributed by atoms with E-state index in [1.54, 1.807) is 0 Å². The number of carbonyl (C=O) groups is 3. The van der Waals surface area contributed by atoms with Crippen LogP contribution in [0.15, 0.2) is 12.7 Å². The molecular formula is C8H9NO4S. The molecule has 6 heteroatoms. The van der Waals surface area contributed by atoms with Crippen LogP contribution in [0.1, 0.15) is 6.42 Å². The lowest BCUT2D eigenvalue weighted by Gasteiger charge is -2.09. The quantitative estimate of drug-likeness (QED) is 0.699. The second-order valence-corrected chi connectivity index (χ2v) is 3.87. The van der Waals surface area contributed by atoms with Crippen molar-refractivity contribution in [2.75, 3.05) is 6.54 Å². The SMILES string of the molecule is C=CCC1SC(=O)N(CC(=O)O)C1=O. The van der Waals surface area contributed by atoms with Crippen molar-refractivity contribution in [3.63, 3.8) is 0 Å². The van der Waals surface area contributed by atoms with Gasteiger partial charge in [0.05, 0.1) is 5.25 Å². The summed E-state index contributed by atoms with van der Waals surface area (Å²) in [4.78, 5) is 33.7. The molecule has 1 rings (SSSR count). The molecule has 2 amide bonds. The molecule has 0 aromatic carbocycles. The van der Waals surface area contributed by atoms with E-state index in [0.29, 0.717) is 6.42 Å². The zero-order valence-electron chi connectivity index (χ0n) is 7.30. The van der Waals surface area contributed by atoms with E-state index in [9.17, 15) is 14.4 Å². The van der Waals surface area contributed by atoms with Gasteiger partial charge in [-0.15, -0.1) is 6.58 Å². The van der Waals surface area contributed by atoms with Gasteiger partial charge < -0.3 is 5.11 Å². The summed E-state index contributed by atoms with van der Waals surface area (Å²) in [6, 6.07) is 0. The third-order valence-electron chi connectivity index (χ3n) is 1.68. The van der Waals surface area contributed by atoms with E-state index in [2.05, 4.69) is 6.58 Å². The van der Waals surface area contributed by atoms with E-state index >= 15 is 0 Å². The highest BCUT2D eigenvalue weighted by molar-refractivity contribution is 8.15. The summed E-state index contributed by atoms with van der Waals surface area (Å²) >= 11 is 0.851. The summed E-state index contributed by atoms with van der Waals surface area (Å²) in [6.07, 6.45) is 1.92. The number of carboxylic acid groups (broad SMARTS) is 1. The van der Waals surface area contributed by atoms with E-state index < -0.39 is 28.9 Å². The van der Waals surface area contributed by atoms with Gasteiger partial charge in [-0.25, -0.2) is 0 Å². The van der Waals surface area contributed by atoms with Crippen molar-refractivity contribution in [3.05, 3.63) is 12.7 Å². The monoisotopic (exact) mass is 215 g/mol. The van der Waals surface area contributed by atoms with Crippen LogP contribution in [0, 0.1) is 0 Å². The first-order valence-electron chi connectivity index (χ1n) is 3.91. The maximum absolute atomic E-state index is 11.4. The molecule has 1 atom stereocenters. The predicted octanol–water partition coefficient (Wildman–Crippen LogP) is 0.711. The third kappa shape index (κ3) is 2.14. The molecule has 1 aliphatic heterocycles. The average Bonchev–Trinajstić information content (AvgIpc) is 2.33. The van der Waals surface area contributed by atoms with E-state index in [4.69, 9.17) is 5.11 Å². The summed E-state index contributed by atoms with van der Waals surface area (Å²) in [6.45, 7) is 2.90. The molecule has 0 spiro atoms. The first-order valence-corrected chi connectivity index (χ1v) is 4.79. The highest BCUT2D eigenvalue weighted by Gasteiger charge is 2.39. The number of carboxylic acids is 1. The first-order chi connectivity index (χ1) is 6.56. The Balaban J connectivity index is 2.69. The van der Waals surface area contributed by atoms with E-state index in [-0.39, 0.29) is 0 Å². The first kappa shape index (κ1) is 10.8. The van der Waals surface area contributed by atoms with Crippen molar-refractivity contribution in [1.29, 1.82) is 0 Å². The number of carbonyl (C=O) groups excluding carboxylic acids is 2. The molecule has 76 valence electrons. The Kier molecular flexibility index (Phi) is 3.29. The van der Waals surface area contributed by atoms with Gasteiger partial charge in [-0.3, -0.25) is 19.3 Å². The third-order valence-corrected chi connectivity index (χ3v) is 2.78. The van der Waals surface area contributed by atoms with Crippen molar-refractivity contribution >= 4 is 28.9 Å². The molecule has 14 heavy (non-hydrogen) atoms. The number of nitrogens with zero attached hydrogens (tertiary/aromatic N) is 1. The molecule has 0 radical (unpaired) electrons. The standard InChI is InChI=1S/C8H9NO4S/c1-2-3-5-7(12)9(4-6(10)11)8(13)14-5/h2,5H,1,3-4H2,(H,10,11). The minimum absolute atomic E-state index is 0.380. The fourth-order valence-electron chi connectivity index (χ4n) is 1.08. The Morgan fingerprint density at radius 2 is 2.29 bits per heavy atom. The normalized spacial score (nSPS) is 21.4. The second kappa shape index (κ2) is 4.28. The molecule has 1 saturated heterocycles. The van der Waals surface area contributed by atoms with E-state index in [1.165, 1.54) is 6.08 Å². The highest BCUT2D eigenvalue weighted by Crippen LogP contribution is 2.28. The Labute approximate surface area is 84.8 Å². The molecule has 1 N–H and O–H groups in total. The van der Waals surface area contributed by atoms with Crippen LogP contribution in [0.3, 0.4) is 0 Å². The molecule has 0 saturated carbocycles. The van der Waals surface area contributed by atoms with Crippen molar-refractivity contribution in [1.82, 2.24) is 4.90 Å². The van der Waals surface area contributed by atoms with Crippen LogP contribution >= 0.6 is 11.8 Å². The lowest BCUT2D eigenvalue weighted by Crippen LogP contribution is -2.35. The van der Waals surface area contributed by atoms with Gasteiger partial charge in [0.1, 0.15) is 6.54 Å². The van der Waals surface area contributed by atoms with Gasteiger partial charge in [0, 0.05) is 0 Å². The maximum Gasteiger partial charge on any atom is 0.323 e. The smallest absolute Gasteiger partial charge is 0.323 e. The van der Waals surface area contributed by atoms with Crippen molar-refractivity contribution in [2.45, 2.75) is 11.7 Å². The Morgan fingerprint density at radius 1 is 1.64 bits per heavy atom. The van der Waals surface area contributed by atoms with Crippen LogP contribution in [0.4, 0.5) is 4.79 Å². The van der Waals surface area contributed by atoms with Gasteiger partial charge in [0.2, 0.25) is 5.91 Å². The molecule has 1 unspecified atom stereocenters. The Hall–Kier alpha value is -1.30. The van der Waals surface area contributed by atoms with Crippen molar-refractivity contribution < 1.29 is 19.5 Å². The van der Waals surface area contributed by atoms with Crippen LogP contribution in [0.2, 0.25) is 0 Å². The number of hydrogen-bond donors (Lipinski definition) is 1. The predicted molar refractivity (Wildman–Crippen MR) is 50.9 cm³/mol. The van der Waals surface area contributed by atoms with Gasteiger partial charge in [-0.05, 0) is 6.42 Å². The van der Waals surface area contributed by atoms with Crippen LogP contribution in [-0.2, 0) is 9.59 Å². The fourth-order valence-corrected chi connectivity index (χ4v) is 2.06. The minimum Gasteiger partial charge on any atom is -0.480 e. The second-order valence-electron chi connectivity index (χ2n) is 2.71. The van der Waals surface area contributed by atoms with Crippen LogP contribution < -0.4 is 0 Å². The fraction of sp³-hybridized carbons (Fsp3) is 0.375. The van der Waals surface area contributed by atoms with Gasteiger partial charge in [-0.2, -0.15) is 0 Å². The summed E-state index contributed by atoms with van der Waals surface area (Å²) < 4.78 is 0.